The van der Waals surface area contributed by atoms with Crippen LogP contribution in [0.15, 0.2) is 12.3 Å². The van der Waals surface area contributed by atoms with E-state index >= 15 is 0 Å². The molecule has 0 aliphatic rings. The van der Waals surface area contributed by atoms with E-state index in [1.807, 2.05) is 20.9 Å². The van der Waals surface area contributed by atoms with Gasteiger partial charge in [-0.15, -0.1) is 0 Å². The quantitative estimate of drug-likeness (QED) is 0.795. The van der Waals surface area contributed by atoms with Gasteiger partial charge in [-0.1, -0.05) is 6.92 Å². The van der Waals surface area contributed by atoms with Crippen LogP contribution in [0.2, 0.25) is 0 Å². The lowest BCUT2D eigenvalue weighted by Crippen LogP contribution is -2.32. The molecule has 0 aromatic carbocycles. The molecule has 0 saturated heterocycles. The van der Waals surface area contributed by atoms with Crippen molar-refractivity contribution in [3.8, 4) is 0 Å². The largest absolute Gasteiger partial charge is 0.383 e. The molecule has 0 aliphatic carbocycles. The van der Waals surface area contributed by atoms with Gasteiger partial charge in [-0.2, -0.15) is 0 Å². The molecular formula is C13H23N3O. The van der Waals surface area contributed by atoms with Gasteiger partial charge in [-0.25, -0.2) is 4.98 Å². The maximum atomic E-state index is 5.95. The minimum absolute atomic E-state index is 0.0901. The van der Waals surface area contributed by atoms with E-state index in [1.165, 1.54) is 0 Å². The fourth-order valence-corrected chi connectivity index (χ4v) is 2.06. The van der Waals surface area contributed by atoms with Crippen LogP contribution in [0.25, 0.3) is 0 Å². The average molecular weight is 237 g/mol. The number of nitrogens with one attached hydrogen (secondary N) is 1. The topological polar surface area (TPSA) is 60.2 Å². The summed E-state index contributed by atoms with van der Waals surface area (Å²) in [4.78, 5) is 4.21. The third-order valence-electron chi connectivity index (χ3n) is 2.89. The second-order valence-electron chi connectivity index (χ2n) is 4.16. The minimum Gasteiger partial charge on any atom is -0.383 e. The fraction of sp³-hybridized carbons (Fsp3) is 0.615. The molecule has 0 saturated carbocycles. The zero-order valence-electron chi connectivity index (χ0n) is 11.2. The average Bonchev–Trinajstić information content (AvgIpc) is 2.33. The summed E-state index contributed by atoms with van der Waals surface area (Å²) < 4.78 is 5.75. The van der Waals surface area contributed by atoms with E-state index < -0.39 is 0 Å². The van der Waals surface area contributed by atoms with Gasteiger partial charge >= 0.3 is 0 Å². The van der Waals surface area contributed by atoms with Crippen LogP contribution in [0.5, 0.6) is 0 Å². The van der Waals surface area contributed by atoms with Crippen LogP contribution < -0.4 is 11.1 Å². The Morgan fingerprint density at radius 2 is 2.18 bits per heavy atom. The number of likely N-dealkylation sites (N-methyl/N-ethyl adjacent to an activating group) is 1. The fourth-order valence-electron chi connectivity index (χ4n) is 2.06. The summed E-state index contributed by atoms with van der Waals surface area (Å²) >= 11 is 0. The highest BCUT2D eigenvalue weighted by atomic mass is 16.5. The lowest BCUT2D eigenvalue weighted by molar-refractivity contribution is 0.0335. The Morgan fingerprint density at radius 1 is 1.47 bits per heavy atom. The lowest BCUT2D eigenvalue weighted by atomic mass is 9.99. The Bertz CT molecular complexity index is 355. The number of nitrogens with zero attached hydrogens (tertiary/aromatic N) is 1. The van der Waals surface area contributed by atoms with Crippen LogP contribution in [0.4, 0.5) is 5.82 Å². The van der Waals surface area contributed by atoms with Crippen LogP contribution >= 0.6 is 0 Å². The van der Waals surface area contributed by atoms with Crippen molar-refractivity contribution in [2.45, 2.75) is 39.3 Å². The number of rotatable bonds is 6. The van der Waals surface area contributed by atoms with Gasteiger partial charge in [0.05, 0.1) is 12.1 Å². The van der Waals surface area contributed by atoms with Crippen molar-refractivity contribution in [2.75, 3.05) is 19.4 Å². The number of aromatic nitrogens is 1. The molecular weight excluding hydrogens is 214 g/mol. The Hall–Kier alpha value is -1.13. The first kappa shape index (κ1) is 13.9. The van der Waals surface area contributed by atoms with Crippen molar-refractivity contribution in [1.82, 2.24) is 10.3 Å². The van der Waals surface area contributed by atoms with Crippen LogP contribution in [0.1, 0.15) is 37.4 Å². The second-order valence-corrected chi connectivity index (χ2v) is 4.16. The predicted molar refractivity (Wildman–Crippen MR) is 70.9 cm³/mol. The van der Waals surface area contributed by atoms with E-state index in [-0.39, 0.29) is 12.1 Å². The number of ether oxygens (including phenoxy) is 1. The molecule has 1 heterocycles. The summed E-state index contributed by atoms with van der Waals surface area (Å²) in [5.74, 6) is 0.577. The van der Waals surface area contributed by atoms with E-state index in [0.717, 1.165) is 17.5 Å². The highest BCUT2D eigenvalue weighted by molar-refractivity contribution is 5.43. The molecule has 0 spiro atoms. The SMILES string of the molecule is CCOC(CC)C(NC)c1cc(C)cnc1N. The molecule has 17 heavy (non-hydrogen) atoms. The Labute approximate surface area is 104 Å². The molecule has 0 radical (unpaired) electrons. The number of nitrogen functional groups attached to an aromatic ring is 1. The van der Waals surface area contributed by atoms with Crippen LogP contribution in [-0.2, 0) is 4.74 Å². The summed E-state index contributed by atoms with van der Waals surface area (Å²) in [6.45, 7) is 6.84. The van der Waals surface area contributed by atoms with Crippen molar-refractivity contribution < 1.29 is 4.74 Å². The third-order valence-corrected chi connectivity index (χ3v) is 2.89. The summed E-state index contributed by atoms with van der Waals surface area (Å²) in [5, 5.41) is 3.28. The van der Waals surface area contributed by atoms with Crippen LogP contribution in [-0.4, -0.2) is 24.7 Å². The number of nitrogens with two attached hydrogens (primary N) is 1. The van der Waals surface area contributed by atoms with Crippen molar-refractivity contribution in [1.29, 1.82) is 0 Å². The number of hydrogen-bond donors (Lipinski definition) is 2. The third kappa shape index (κ3) is 3.41. The van der Waals surface area contributed by atoms with E-state index in [2.05, 4.69) is 23.3 Å². The first-order valence-electron chi connectivity index (χ1n) is 6.14. The molecule has 0 aliphatic heterocycles. The Morgan fingerprint density at radius 3 is 2.71 bits per heavy atom. The standard InChI is InChI=1S/C13H23N3O/c1-5-11(17-6-2)12(15-4)10-7-9(3)8-16-13(10)14/h7-8,11-12,15H,5-6H2,1-4H3,(H2,14,16). The monoisotopic (exact) mass is 237 g/mol. The van der Waals surface area contributed by atoms with Crippen molar-refractivity contribution >= 4 is 5.82 Å². The first-order valence-corrected chi connectivity index (χ1v) is 6.14. The number of hydrogen-bond acceptors (Lipinski definition) is 4. The van der Waals surface area contributed by atoms with Crippen molar-refractivity contribution in [3.63, 3.8) is 0 Å². The van der Waals surface area contributed by atoms with Gasteiger partial charge in [0.25, 0.3) is 0 Å². The van der Waals surface area contributed by atoms with Gasteiger partial charge in [0.2, 0.25) is 0 Å². The maximum absolute atomic E-state index is 5.95. The Balaban J connectivity index is 3.02. The molecule has 3 N–H and O–H groups in total. The van der Waals surface area contributed by atoms with Gasteiger partial charge in [0, 0.05) is 18.4 Å². The van der Waals surface area contributed by atoms with E-state index in [9.17, 15) is 0 Å². The summed E-state index contributed by atoms with van der Waals surface area (Å²) in [5.41, 5.74) is 8.08. The van der Waals surface area contributed by atoms with Crippen LogP contribution in [0.3, 0.4) is 0 Å². The first-order chi connectivity index (χ1) is 8.13. The molecule has 0 bridgehead atoms. The van der Waals surface area contributed by atoms with E-state index in [1.54, 1.807) is 6.20 Å². The summed E-state index contributed by atoms with van der Waals surface area (Å²) in [6.07, 6.45) is 2.84. The molecule has 0 fully saturated rings. The number of anilines is 1. The molecule has 2 unspecified atom stereocenters. The minimum atomic E-state index is 0.0901. The van der Waals surface area contributed by atoms with E-state index in [4.69, 9.17) is 10.5 Å². The zero-order chi connectivity index (χ0) is 12.8. The second kappa shape index (κ2) is 6.57. The van der Waals surface area contributed by atoms with E-state index in [0.29, 0.717) is 12.4 Å². The molecule has 4 nitrogen and oxygen atoms in total. The maximum Gasteiger partial charge on any atom is 0.128 e. The van der Waals surface area contributed by atoms with Gasteiger partial charge in [-0.3, -0.25) is 0 Å². The number of pyridine rings is 1. The molecule has 96 valence electrons. The van der Waals surface area contributed by atoms with Gasteiger partial charge in [-0.05, 0) is 38.9 Å². The number of aryl methyl sites for hydroxylation is 1. The molecule has 2 atom stereocenters. The molecule has 1 aromatic rings. The normalized spacial score (nSPS) is 14.6. The molecule has 1 aromatic heterocycles. The highest BCUT2D eigenvalue weighted by Crippen LogP contribution is 2.25. The van der Waals surface area contributed by atoms with Gasteiger partial charge < -0.3 is 15.8 Å². The Kier molecular flexibility index (Phi) is 5.38. The summed E-state index contributed by atoms with van der Waals surface area (Å²) in [7, 11) is 1.92. The highest BCUT2D eigenvalue weighted by Gasteiger charge is 2.23. The van der Waals surface area contributed by atoms with Gasteiger partial charge in [0.15, 0.2) is 0 Å². The lowest BCUT2D eigenvalue weighted by Gasteiger charge is -2.27. The zero-order valence-corrected chi connectivity index (χ0v) is 11.2. The van der Waals surface area contributed by atoms with Crippen molar-refractivity contribution in [3.05, 3.63) is 23.4 Å². The molecule has 1 rings (SSSR count). The van der Waals surface area contributed by atoms with Gasteiger partial charge in [0.1, 0.15) is 5.82 Å². The van der Waals surface area contributed by atoms with Crippen molar-refractivity contribution in [2.24, 2.45) is 0 Å². The smallest absolute Gasteiger partial charge is 0.128 e. The summed E-state index contributed by atoms with van der Waals surface area (Å²) in [6, 6.07) is 2.16. The predicted octanol–water partition coefficient (Wildman–Crippen LogP) is 2.05. The van der Waals surface area contributed by atoms with Crippen LogP contribution in [0, 0.1) is 6.92 Å². The molecule has 4 heteroatoms. The molecule has 0 amide bonds.